The highest BCUT2D eigenvalue weighted by Crippen LogP contribution is 2.37. The molecule has 27 heavy (non-hydrogen) atoms. The SMILES string of the molecule is CCn1ncc2cc(F)c(-c3ccc(C(C=O)(CC)CC)c(OC)n3)cc21. The molecule has 0 fully saturated rings. The summed E-state index contributed by atoms with van der Waals surface area (Å²) in [6.45, 7) is 6.61. The van der Waals surface area contributed by atoms with Gasteiger partial charge in [0.05, 0.1) is 29.9 Å². The zero-order chi connectivity index (χ0) is 19.6. The van der Waals surface area contributed by atoms with Crippen LogP contribution in [0.4, 0.5) is 4.39 Å². The summed E-state index contributed by atoms with van der Waals surface area (Å²) >= 11 is 0. The van der Waals surface area contributed by atoms with Gasteiger partial charge in [0, 0.05) is 23.1 Å². The van der Waals surface area contributed by atoms with Crippen LogP contribution in [0.2, 0.25) is 0 Å². The number of benzene rings is 1. The molecule has 0 saturated heterocycles. The molecule has 3 rings (SSSR count). The number of hydrogen-bond acceptors (Lipinski definition) is 4. The van der Waals surface area contributed by atoms with Gasteiger partial charge < -0.3 is 9.53 Å². The van der Waals surface area contributed by atoms with Crippen molar-refractivity contribution in [2.45, 2.75) is 45.6 Å². The molecular formula is C21H24FN3O2. The number of fused-ring (bicyclic) bond motifs is 1. The molecule has 0 aliphatic rings. The maximum atomic E-state index is 14.7. The summed E-state index contributed by atoms with van der Waals surface area (Å²) in [4.78, 5) is 16.3. The number of aryl methyl sites for hydroxylation is 1. The normalized spacial score (nSPS) is 11.7. The predicted molar refractivity (Wildman–Crippen MR) is 103 cm³/mol. The maximum Gasteiger partial charge on any atom is 0.217 e. The molecule has 0 atom stereocenters. The molecule has 1 aromatic carbocycles. The van der Waals surface area contributed by atoms with Crippen LogP contribution in [0.25, 0.3) is 22.2 Å². The van der Waals surface area contributed by atoms with Crippen LogP contribution in [0.1, 0.15) is 39.2 Å². The van der Waals surface area contributed by atoms with E-state index in [4.69, 9.17) is 4.74 Å². The summed E-state index contributed by atoms with van der Waals surface area (Å²) in [6, 6.07) is 6.80. The van der Waals surface area contributed by atoms with Gasteiger partial charge in [0.25, 0.3) is 0 Å². The van der Waals surface area contributed by atoms with Crippen LogP contribution < -0.4 is 4.74 Å². The Hall–Kier alpha value is -2.76. The minimum atomic E-state index is -0.653. The molecule has 0 N–H and O–H groups in total. The molecule has 0 spiro atoms. The van der Waals surface area contributed by atoms with Crippen molar-refractivity contribution in [1.82, 2.24) is 14.8 Å². The average Bonchev–Trinajstić information content (AvgIpc) is 3.11. The molecule has 0 bridgehead atoms. The van der Waals surface area contributed by atoms with Gasteiger partial charge in [0.2, 0.25) is 5.88 Å². The quantitative estimate of drug-likeness (QED) is 0.575. The van der Waals surface area contributed by atoms with E-state index in [1.165, 1.54) is 13.2 Å². The van der Waals surface area contributed by atoms with Gasteiger partial charge in [0.1, 0.15) is 12.1 Å². The largest absolute Gasteiger partial charge is 0.481 e. The lowest BCUT2D eigenvalue weighted by Crippen LogP contribution is -2.27. The second-order valence-electron chi connectivity index (χ2n) is 6.59. The molecule has 6 heteroatoms. The molecular weight excluding hydrogens is 345 g/mol. The number of nitrogens with zero attached hydrogens (tertiary/aromatic N) is 3. The summed E-state index contributed by atoms with van der Waals surface area (Å²) in [6.07, 6.45) is 3.89. The molecule has 0 aliphatic heterocycles. The van der Waals surface area contributed by atoms with Crippen molar-refractivity contribution in [3.63, 3.8) is 0 Å². The van der Waals surface area contributed by atoms with E-state index in [9.17, 15) is 9.18 Å². The van der Waals surface area contributed by atoms with Crippen molar-refractivity contribution in [2.75, 3.05) is 7.11 Å². The molecule has 0 amide bonds. The second-order valence-corrected chi connectivity index (χ2v) is 6.59. The van der Waals surface area contributed by atoms with E-state index >= 15 is 0 Å². The molecule has 0 aliphatic carbocycles. The van der Waals surface area contributed by atoms with Crippen LogP contribution in [0.5, 0.6) is 5.88 Å². The number of ether oxygens (including phenoxy) is 1. The molecule has 0 saturated carbocycles. The lowest BCUT2D eigenvalue weighted by atomic mass is 9.77. The van der Waals surface area contributed by atoms with Crippen LogP contribution in [-0.4, -0.2) is 28.2 Å². The smallest absolute Gasteiger partial charge is 0.217 e. The lowest BCUT2D eigenvalue weighted by molar-refractivity contribution is -0.112. The van der Waals surface area contributed by atoms with Crippen LogP contribution in [-0.2, 0) is 16.8 Å². The number of carbonyl (C=O) groups is 1. The van der Waals surface area contributed by atoms with Crippen LogP contribution in [0.3, 0.4) is 0 Å². The Morgan fingerprint density at radius 3 is 2.56 bits per heavy atom. The van der Waals surface area contributed by atoms with E-state index in [0.29, 0.717) is 36.5 Å². The average molecular weight is 369 g/mol. The summed E-state index contributed by atoms with van der Waals surface area (Å²) in [5.41, 5.74) is 1.77. The Bertz CT molecular complexity index is 977. The first kappa shape index (κ1) is 19.0. The monoisotopic (exact) mass is 369 g/mol. The first-order valence-corrected chi connectivity index (χ1v) is 9.20. The van der Waals surface area contributed by atoms with Gasteiger partial charge in [-0.1, -0.05) is 19.9 Å². The highest BCUT2D eigenvalue weighted by molar-refractivity contribution is 5.84. The third kappa shape index (κ3) is 3.09. The number of halogens is 1. The number of rotatable bonds is 7. The fourth-order valence-corrected chi connectivity index (χ4v) is 3.53. The molecule has 5 nitrogen and oxygen atoms in total. The van der Waals surface area contributed by atoms with E-state index < -0.39 is 5.41 Å². The highest BCUT2D eigenvalue weighted by Gasteiger charge is 2.32. The summed E-state index contributed by atoms with van der Waals surface area (Å²) in [5, 5.41) is 5.02. The molecule has 2 heterocycles. The van der Waals surface area contributed by atoms with Gasteiger partial charge in [0.15, 0.2) is 0 Å². The first-order chi connectivity index (χ1) is 13.0. The van der Waals surface area contributed by atoms with Crippen molar-refractivity contribution >= 4 is 17.2 Å². The number of hydrogen-bond donors (Lipinski definition) is 0. The predicted octanol–water partition coefficient (Wildman–Crippen LogP) is 4.52. The Kier molecular flexibility index (Phi) is 5.26. The lowest BCUT2D eigenvalue weighted by Gasteiger charge is -2.27. The summed E-state index contributed by atoms with van der Waals surface area (Å²) in [7, 11) is 1.52. The van der Waals surface area contributed by atoms with Gasteiger partial charge in [-0.15, -0.1) is 0 Å². The number of aromatic nitrogens is 3. The van der Waals surface area contributed by atoms with Crippen LogP contribution in [0, 0.1) is 5.82 Å². The van der Waals surface area contributed by atoms with Crippen molar-refractivity contribution in [1.29, 1.82) is 0 Å². The van der Waals surface area contributed by atoms with Crippen molar-refractivity contribution in [3.05, 3.63) is 41.8 Å². The fraction of sp³-hybridized carbons (Fsp3) is 0.381. The molecule has 3 aromatic rings. The molecule has 0 radical (unpaired) electrons. The van der Waals surface area contributed by atoms with E-state index in [2.05, 4.69) is 10.1 Å². The van der Waals surface area contributed by atoms with Gasteiger partial charge in [-0.05, 0) is 38.0 Å². The van der Waals surface area contributed by atoms with Crippen LogP contribution in [0.15, 0.2) is 30.5 Å². The maximum absolute atomic E-state index is 14.7. The molecule has 142 valence electrons. The Morgan fingerprint density at radius 2 is 1.96 bits per heavy atom. The van der Waals surface area contributed by atoms with E-state index in [0.717, 1.165) is 22.8 Å². The van der Waals surface area contributed by atoms with Crippen molar-refractivity contribution in [2.24, 2.45) is 0 Å². The van der Waals surface area contributed by atoms with Crippen molar-refractivity contribution < 1.29 is 13.9 Å². The Morgan fingerprint density at radius 1 is 1.22 bits per heavy atom. The van der Waals surface area contributed by atoms with Crippen molar-refractivity contribution in [3.8, 4) is 17.1 Å². The number of aldehydes is 1. The highest BCUT2D eigenvalue weighted by atomic mass is 19.1. The zero-order valence-corrected chi connectivity index (χ0v) is 16.1. The number of pyridine rings is 1. The minimum absolute atomic E-state index is 0.354. The zero-order valence-electron chi connectivity index (χ0n) is 16.1. The van der Waals surface area contributed by atoms with E-state index in [-0.39, 0.29) is 5.82 Å². The van der Waals surface area contributed by atoms with Gasteiger partial charge in [-0.25, -0.2) is 9.37 Å². The Labute approximate surface area is 158 Å². The summed E-state index contributed by atoms with van der Waals surface area (Å²) < 4.78 is 22.0. The van der Waals surface area contributed by atoms with Crippen LogP contribution >= 0.6 is 0 Å². The fourth-order valence-electron chi connectivity index (χ4n) is 3.53. The van der Waals surface area contributed by atoms with Gasteiger partial charge in [-0.3, -0.25) is 4.68 Å². The van der Waals surface area contributed by atoms with E-state index in [1.54, 1.807) is 18.3 Å². The van der Waals surface area contributed by atoms with Gasteiger partial charge >= 0.3 is 0 Å². The molecule has 2 aromatic heterocycles. The third-order valence-electron chi connectivity index (χ3n) is 5.38. The topological polar surface area (TPSA) is 57.0 Å². The standard InChI is InChI=1S/C21H24FN3O2/c1-5-21(6-2,13-26)16-8-9-18(24-20(16)27-4)15-11-19-14(10-17(15)22)12-23-25(19)7-3/h8-13H,5-7H2,1-4H3. The number of carbonyl (C=O) groups excluding carboxylic acids is 1. The van der Waals surface area contributed by atoms with Gasteiger partial charge in [-0.2, -0.15) is 5.10 Å². The molecule has 0 unspecified atom stereocenters. The summed E-state index contributed by atoms with van der Waals surface area (Å²) in [5.74, 6) is -0.0140. The third-order valence-corrected chi connectivity index (χ3v) is 5.38. The number of methoxy groups -OCH3 is 1. The second kappa shape index (κ2) is 7.47. The van der Waals surface area contributed by atoms with E-state index in [1.807, 2.05) is 31.5 Å². The first-order valence-electron chi connectivity index (χ1n) is 9.20. The Balaban J connectivity index is 2.17. The minimum Gasteiger partial charge on any atom is -0.481 e.